The van der Waals surface area contributed by atoms with Crippen molar-refractivity contribution in [2.45, 2.75) is 110 Å². The summed E-state index contributed by atoms with van der Waals surface area (Å²) in [4.78, 5) is 22.9. The summed E-state index contributed by atoms with van der Waals surface area (Å²) in [5.41, 5.74) is 5.40. The minimum absolute atomic E-state index is 0.164. The molecule has 0 N–H and O–H groups in total. The van der Waals surface area contributed by atoms with E-state index in [-0.39, 0.29) is 5.97 Å². The molecular formula is C28H42O3. The molecule has 3 nitrogen and oxygen atoms in total. The largest absolute Gasteiger partial charge is 0.466 e. The third-order valence-electron chi connectivity index (χ3n) is 8.87. The summed E-state index contributed by atoms with van der Waals surface area (Å²) in [6.45, 7) is 4.66. The van der Waals surface area contributed by atoms with Gasteiger partial charge in [-0.2, -0.15) is 0 Å². The van der Waals surface area contributed by atoms with Crippen LogP contribution >= 0.6 is 0 Å². The van der Waals surface area contributed by atoms with Gasteiger partial charge in [-0.3, -0.25) is 9.59 Å². The number of fused-ring (bicyclic) bond motifs is 4. The van der Waals surface area contributed by atoms with Crippen molar-refractivity contribution in [3.63, 3.8) is 0 Å². The highest BCUT2D eigenvalue weighted by atomic mass is 16.5. The van der Waals surface area contributed by atoms with Crippen molar-refractivity contribution in [1.82, 2.24) is 0 Å². The number of rotatable bonds is 9. The number of ether oxygens (including phenoxy) is 1. The lowest BCUT2D eigenvalue weighted by Gasteiger charge is -2.51. The van der Waals surface area contributed by atoms with Crippen molar-refractivity contribution in [2.24, 2.45) is 23.2 Å². The van der Waals surface area contributed by atoms with E-state index in [4.69, 9.17) is 4.74 Å². The monoisotopic (exact) mass is 426 g/mol. The quantitative estimate of drug-likeness (QED) is 0.292. The molecule has 0 bridgehead atoms. The number of unbranched alkanes of at least 4 members (excludes halogenated alkanes) is 5. The van der Waals surface area contributed by atoms with Gasteiger partial charge in [0.1, 0.15) is 0 Å². The first-order chi connectivity index (χ1) is 15.0. The molecule has 0 saturated heterocycles. The number of ketones is 1. The van der Waals surface area contributed by atoms with Gasteiger partial charge in [0.15, 0.2) is 5.78 Å². The first kappa shape index (κ1) is 22.8. The Morgan fingerprint density at radius 2 is 1.84 bits per heavy atom. The molecule has 2 saturated carbocycles. The van der Waals surface area contributed by atoms with E-state index < -0.39 is 0 Å². The Kier molecular flexibility index (Phi) is 7.39. The van der Waals surface area contributed by atoms with Crippen LogP contribution < -0.4 is 0 Å². The van der Waals surface area contributed by atoms with Gasteiger partial charge in [-0.1, -0.05) is 51.0 Å². The molecule has 0 aliphatic heterocycles. The van der Waals surface area contributed by atoms with Gasteiger partial charge in [-0.25, -0.2) is 0 Å². The minimum Gasteiger partial charge on any atom is -0.466 e. The minimum atomic E-state index is -0.164. The van der Waals surface area contributed by atoms with E-state index in [0.29, 0.717) is 17.8 Å². The van der Waals surface area contributed by atoms with Crippen LogP contribution in [0.25, 0.3) is 0 Å². The summed E-state index contributed by atoms with van der Waals surface area (Å²) in [6.07, 6.45) is 20.5. The molecule has 0 spiro atoms. The molecule has 4 aliphatic carbocycles. The van der Waals surface area contributed by atoms with Crippen LogP contribution in [0, 0.1) is 23.2 Å². The summed E-state index contributed by atoms with van der Waals surface area (Å²) in [7, 11) is 0. The molecule has 0 aromatic heterocycles. The Balaban J connectivity index is 1.35. The van der Waals surface area contributed by atoms with Gasteiger partial charge in [-0.05, 0) is 91.8 Å². The van der Waals surface area contributed by atoms with Crippen molar-refractivity contribution in [1.29, 1.82) is 0 Å². The summed E-state index contributed by atoms with van der Waals surface area (Å²) in [5, 5.41) is 0. The van der Waals surface area contributed by atoms with Crippen LogP contribution in [0.3, 0.4) is 0 Å². The molecule has 0 radical (unpaired) electrons. The van der Waals surface area contributed by atoms with E-state index >= 15 is 0 Å². The standard InChI is InChI=1S/C28H42O3/c1-20(29)31-17-8-6-4-3-5-7-10-22-19-28(2)16-9-11-26(28)25-14-12-21-18-23(30)13-15-24(21)27(22)25/h18,22,25-26H,3-17,19H2,1-2H3/t22-,25-,26-,28-/m0/s1. The van der Waals surface area contributed by atoms with Crippen molar-refractivity contribution in [2.75, 3.05) is 6.61 Å². The molecule has 0 aromatic rings. The molecule has 0 unspecified atom stereocenters. The summed E-state index contributed by atoms with van der Waals surface area (Å²) >= 11 is 0. The molecule has 0 aromatic carbocycles. The zero-order chi connectivity index (χ0) is 21.8. The fourth-order valence-corrected chi connectivity index (χ4v) is 7.52. The molecule has 4 rings (SSSR count). The molecule has 3 heteroatoms. The molecule has 172 valence electrons. The number of hydrogen-bond acceptors (Lipinski definition) is 3. The van der Waals surface area contributed by atoms with Gasteiger partial charge in [-0.15, -0.1) is 0 Å². The zero-order valence-corrected chi connectivity index (χ0v) is 19.8. The predicted octanol–water partition coefficient (Wildman–Crippen LogP) is 7.10. The number of esters is 1. The third-order valence-corrected chi connectivity index (χ3v) is 8.87. The van der Waals surface area contributed by atoms with E-state index in [1.807, 2.05) is 11.6 Å². The van der Waals surface area contributed by atoms with Crippen LogP contribution in [0.5, 0.6) is 0 Å². The highest BCUT2D eigenvalue weighted by Crippen LogP contribution is 2.62. The van der Waals surface area contributed by atoms with Crippen molar-refractivity contribution in [3.8, 4) is 0 Å². The van der Waals surface area contributed by atoms with Crippen LogP contribution in [-0.4, -0.2) is 18.4 Å². The normalized spacial score (nSPS) is 32.3. The average Bonchev–Trinajstić information content (AvgIpc) is 3.13. The maximum atomic E-state index is 12.0. The fraction of sp³-hybridized carbons (Fsp3) is 0.786. The van der Waals surface area contributed by atoms with Crippen LogP contribution in [-0.2, 0) is 14.3 Å². The SMILES string of the molecule is CC(=O)OCCCCCCCC[C@H]1C[C@]2(C)CCC[C@H]2[C@@H]2CCC3=CC(=O)CCC3=C12. The van der Waals surface area contributed by atoms with Gasteiger partial charge < -0.3 is 4.74 Å². The van der Waals surface area contributed by atoms with E-state index in [9.17, 15) is 9.59 Å². The summed E-state index contributed by atoms with van der Waals surface area (Å²) in [6, 6.07) is 0. The van der Waals surface area contributed by atoms with Crippen LogP contribution in [0.4, 0.5) is 0 Å². The lowest BCUT2D eigenvalue weighted by atomic mass is 9.54. The molecule has 0 amide bonds. The Hall–Kier alpha value is -1.38. The highest BCUT2D eigenvalue weighted by Gasteiger charge is 2.51. The lowest BCUT2D eigenvalue weighted by Crippen LogP contribution is -2.41. The highest BCUT2D eigenvalue weighted by molar-refractivity contribution is 5.93. The first-order valence-electron chi connectivity index (χ1n) is 13.1. The Morgan fingerprint density at radius 1 is 1.06 bits per heavy atom. The predicted molar refractivity (Wildman–Crippen MR) is 125 cm³/mol. The second-order valence-electron chi connectivity index (χ2n) is 11.0. The molecule has 0 heterocycles. The maximum absolute atomic E-state index is 12.0. The third kappa shape index (κ3) is 5.17. The molecule has 31 heavy (non-hydrogen) atoms. The van der Waals surface area contributed by atoms with Crippen molar-refractivity contribution < 1.29 is 14.3 Å². The second-order valence-corrected chi connectivity index (χ2v) is 11.0. The smallest absolute Gasteiger partial charge is 0.302 e. The van der Waals surface area contributed by atoms with E-state index in [1.54, 1.807) is 5.57 Å². The van der Waals surface area contributed by atoms with E-state index in [1.165, 1.54) is 76.7 Å². The Labute approximate surface area is 189 Å². The Bertz CT molecular complexity index is 745. The van der Waals surface area contributed by atoms with Crippen molar-refractivity contribution >= 4 is 11.8 Å². The summed E-state index contributed by atoms with van der Waals surface area (Å²) < 4.78 is 5.02. The maximum Gasteiger partial charge on any atom is 0.302 e. The van der Waals surface area contributed by atoms with Crippen LogP contribution in [0.15, 0.2) is 22.8 Å². The fourth-order valence-electron chi connectivity index (χ4n) is 7.52. The lowest BCUT2D eigenvalue weighted by molar-refractivity contribution is -0.141. The van der Waals surface area contributed by atoms with Gasteiger partial charge in [0.25, 0.3) is 0 Å². The number of allylic oxidation sites excluding steroid dienone is 4. The van der Waals surface area contributed by atoms with Gasteiger partial charge >= 0.3 is 5.97 Å². The van der Waals surface area contributed by atoms with E-state index in [2.05, 4.69) is 6.92 Å². The van der Waals surface area contributed by atoms with Gasteiger partial charge in [0.05, 0.1) is 6.61 Å². The number of carbonyl (C=O) groups excluding carboxylic acids is 2. The topological polar surface area (TPSA) is 43.4 Å². The van der Waals surface area contributed by atoms with Crippen molar-refractivity contribution in [3.05, 3.63) is 22.8 Å². The van der Waals surface area contributed by atoms with Gasteiger partial charge in [0.2, 0.25) is 0 Å². The first-order valence-corrected chi connectivity index (χ1v) is 13.1. The zero-order valence-electron chi connectivity index (χ0n) is 19.8. The molecular weight excluding hydrogens is 384 g/mol. The molecule has 4 aliphatic rings. The second kappa shape index (κ2) is 10.0. The van der Waals surface area contributed by atoms with Crippen LogP contribution in [0.1, 0.15) is 110 Å². The average molecular weight is 427 g/mol. The summed E-state index contributed by atoms with van der Waals surface area (Å²) in [5.74, 6) is 2.63. The molecule has 2 fully saturated rings. The number of carbonyl (C=O) groups is 2. The Morgan fingerprint density at radius 3 is 2.65 bits per heavy atom. The molecule has 4 atom stereocenters. The van der Waals surface area contributed by atoms with Crippen LogP contribution in [0.2, 0.25) is 0 Å². The number of hydrogen-bond donors (Lipinski definition) is 0. The van der Waals surface area contributed by atoms with E-state index in [0.717, 1.165) is 49.9 Å². The van der Waals surface area contributed by atoms with Gasteiger partial charge in [0, 0.05) is 13.3 Å².